The summed E-state index contributed by atoms with van der Waals surface area (Å²) in [6, 6.07) is 1.61. The average Bonchev–Trinajstić information content (AvgIpc) is 2.69. The van der Waals surface area contributed by atoms with Crippen LogP contribution in [0.15, 0.2) is 17.3 Å². The summed E-state index contributed by atoms with van der Waals surface area (Å²) in [6.07, 6.45) is -4.52. The Hall–Kier alpha value is -0.570. The second kappa shape index (κ2) is 5.67. The zero-order valence-corrected chi connectivity index (χ0v) is 13.0. The van der Waals surface area contributed by atoms with Gasteiger partial charge in [-0.15, -0.1) is 16.8 Å². The van der Waals surface area contributed by atoms with Crippen LogP contribution in [0.3, 0.4) is 0 Å². The topological polar surface area (TPSA) is 30.7 Å². The van der Waals surface area contributed by atoms with Gasteiger partial charge >= 0.3 is 6.18 Å². The van der Waals surface area contributed by atoms with E-state index in [1.165, 1.54) is 4.68 Å². The van der Waals surface area contributed by atoms with E-state index in [0.717, 1.165) is 22.9 Å². The Kier molecular flexibility index (Phi) is 4.48. The van der Waals surface area contributed by atoms with Crippen molar-refractivity contribution in [3.63, 3.8) is 0 Å². The van der Waals surface area contributed by atoms with Gasteiger partial charge in [0.25, 0.3) is 0 Å². The molecule has 0 N–H and O–H groups in total. The van der Waals surface area contributed by atoms with Gasteiger partial charge in [-0.3, -0.25) is 0 Å². The van der Waals surface area contributed by atoms with Gasteiger partial charge in [-0.25, -0.2) is 9.67 Å². The zero-order chi connectivity index (χ0) is 15.1. The maximum Gasteiger partial charge on any atom is 0.416 e. The fourth-order valence-electron chi connectivity index (χ4n) is 1.55. The number of aromatic nitrogens is 3. The summed E-state index contributed by atoms with van der Waals surface area (Å²) in [6.45, 7) is 1.63. The summed E-state index contributed by atoms with van der Waals surface area (Å²) >= 11 is 15.8. The number of hydrogen-bond acceptors (Lipinski definition) is 4. The SMILES string of the molecule is Cc1nc(SS)nn1-c1c(Cl)cc(C(F)(F)F)cc1Cl. The van der Waals surface area contributed by atoms with Crippen molar-refractivity contribution in [1.82, 2.24) is 14.8 Å². The molecule has 20 heavy (non-hydrogen) atoms. The maximum atomic E-state index is 12.7. The molecular formula is C10H6Cl2F3N3S2. The molecule has 0 spiro atoms. The van der Waals surface area contributed by atoms with E-state index >= 15 is 0 Å². The van der Waals surface area contributed by atoms with Gasteiger partial charge in [-0.1, -0.05) is 23.2 Å². The fourth-order valence-corrected chi connectivity index (χ4v) is 2.72. The summed E-state index contributed by atoms with van der Waals surface area (Å²) in [4.78, 5) is 4.06. The molecule has 0 amide bonds. The van der Waals surface area contributed by atoms with Crippen molar-refractivity contribution in [2.75, 3.05) is 0 Å². The van der Waals surface area contributed by atoms with E-state index < -0.39 is 11.7 Å². The molecular weight excluding hydrogens is 354 g/mol. The van der Waals surface area contributed by atoms with Crippen LogP contribution in [-0.4, -0.2) is 14.8 Å². The minimum Gasteiger partial charge on any atom is -0.214 e. The van der Waals surface area contributed by atoms with Gasteiger partial charge in [0.05, 0.1) is 15.6 Å². The molecule has 3 nitrogen and oxygen atoms in total. The highest BCUT2D eigenvalue weighted by atomic mass is 35.5. The molecule has 0 aliphatic carbocycles. The predicted molar refractivity (Wildman–Crippen MR) is 76.0 cm³/mol. The predicted octanol–water partition coefficient (Wildman–Crippen LogP) is 4.84. The first-order valence-electron chi connectivity index (χ1n) is 5.05. The van der Waals surface area contributed by atoms with Gasteiger partial charge in [0, 0.05) is 0 Å². The van der Waals surface area contributed by atoms with E-state index in [2.05, 4.69) is 21.7 Å². The van der Waals surface area contributed by atoms with Crippen LogP contribution in [0.25, 0.3) is 5.69 Å². The molecule has 0 saturated carbocycles. The van der Waals surface area contributed by atoms with Crippen LogP contribution in [0.1, 0.15) is 11.4 Å². The molecule has 0 radical (unpaired) electrons. The smallest absolute Gasteiger partial charge is 0.214 e. The van der Waals surface area contributed by atoms with Crippen LogP contribution in [-0.2, 0) is 6.18 Å². The molecule has 2 rings (SSSR count). The Bertz CT molecular complexity index is 635. The Morgan fingerprint density at radius 1 is 1.25 bits per heavy atom. The van der Waals surface area contributed by atoms with Gasteiger partial charge in [0.15, 0.2) is 0 Å². The summed E-state index contributed by atoms with van der Waals surface area (Å²) in [5.41, 5.74) is -0.766. The third-order valence-electron chi connectivity index (χ3n) is 2.39. The van der Waals surface area contributed by atoms with E-state index in [1.807, 2.05) is 0 Å². The summed E-state index contributed by atoms with van der Waals surface area (Å²) in [5, 5.41) is 4.08. The lowest BCUT2D eigenvalue weighted by atomic mass is 10.2. The highest BCUT2D eigenvalue weighted by Gasteiger charge is 2.32. The van der Waals surface area contributed by atoms with Gasteiger partial charge < -0.3 is 0 Å². The van der Waals surface area contributed by atoms with E-state index in [-0.39, 0.29) is 15.7 Å². The van der Waals surface area contributed by atoms with Crippen molar-refractivity contribution in [3.05, 3.63) is 33.6 Å². The van der Waals surface area contributed by atoms with E-state index in [0.29, 0.717) is 11.0 Å². The first kappa shape index (κ1) is 15.8. The lowest BCUT2D eigenvalue weighted by molar-refractivity contribution is -0.137. The summed E-state index contributed by atoms with van der Waals surface area (Å²) in [5.74, 6) is 0.435. The van der Waals surface area contributed by atoms with Crippen LogP contribution >= 0.6 is 45.7 Å². The van der Waals surface area contributed by atoms with Crippen LogP contribution in [0.2, 0.25) is 10.0 Å². The van der Waals surface area contributed by atoms with Crippen molar-refractivity contribution in [2.24, 2.45) is 0 Å². The molecule has 0 aliphatic rings. The normalized spacial score (nSPS) is 11.9. The average molecular weight is 360 g/mol. The lowest BCUT2D eigenvalue weighted by Crippen LogP contribution is -2.08. The highest BCUT2D eigenvalue weighted by Crippen LogP contribution is 2.37. The molecule has 0 saturated heterocycles. The van der Waals surface area contributed by atoms with Crippen LogP contribution in [0, 0.1) is 6.92 Å². The largest absolute Gasteiger partial charge is 0.416 e. The van der Waals surface area contributed by atoms with E-state index in [1.54, 1.807) is 6.92 Å². The first-order valence-corrected chi connectivity index (χ1v) is 7.68. The number of halogens is 5. The molecule has 0 atom stereocenters. The van der Waals surface area contributed by atoms with E-state index in [4.69, 9.17) is 23.2 Å². The Balaban J connectivity index is 2.61. The molecule has 1 heterocycles. The molecule has 1 aromatic carbocycles. The monoisotopic (exact) mass is 359 g/mol. The Morgan fingerprint density at radius 2 is 1.80 bits per heavy atom. The van der Waals surface area contributed by atoms with Crippen molar-refractivity contribution in [2.45, 2.75) is 18.3 Å². The number of benzene rings is 1. The maximum absolute atomic E-state index is 12.7. The summed E-state index contributed by atoms with van der Waals surface area (Å²) in [7, 11) is 1.00. The van der Waals surface area contributed by atoms with Gasteiger partial charge in [-0.2, -0.15) is 13.2 Å². The minimum absolute atomic E-state index is 0.153. The third-order valence-corrected chi connectivity index (χ3v) is 3.79. The molecule has 0 bridgehead atoms. The molecule has 0 fully saturated rings. The highest BCUT2D eigenvalue weighted by molar-refractivity contribution is 8.68. The zero-order valence-electron chi connectivity index (χ0n) is 9.74. The Morgan fingerprint density at radius 3 is 2.20 bits per heavy atom. The number of nitrogens with zero attached hydrogens (tertiary/aromatic N) is 3. The van der Waals surface area contributed by atoms with Gasteiger partial charge in [0.1, 0.15) is 11.5 Å². The van der Waals surface area contributed by atoms with Crippen molar-refractivity contribution < 1.29 is 13.2 Å². The van der Waals surface area contributed by atoms with Crippen LogP contribution < -0.4 is 0 Å². The molecule has 0 aliphatic heterocycles. The Labute approximate surface area is 131 Å². The minimum atomic E-state index is -4.52. The lowest BCUT2D eigenvalue weighted by Gasteiger charge is -2.12. The van der Waals surface area contributed by atoms with Crippen molar-refractivity contribution in [1.29, 1.82) is 0 Å². The first-order chi connectivity index (χ1) is 9.24. The summed E-state index contributed by atoms with van der Waals surface area (Å²) < 4.78 is 39.2. The third kappa shape index (κ3) is 3.03. The molecule has 2 aromatic rings. The quantitative estimate of drug-likeness (QED) is 0.614. The number of aryl methyl sites for hydroxylation is 1. The van der Waals surface area contributed by atoms with E-state index in [9.17, 15) is 13.2 Å². The second-order valence-corrected chi connectivity index (χ2v) is 5.64. The standard InChI is InChI=1S/C10H6Cl2F3N3S2/c1-4-16-9(20-19)17-18(4)8-6(11)2-5(3-7(8)12)10(13,14)15/h2-3,19H,1H3. The number of rotatable bonds is 2. The molecule has 10 heteroatoms. The molecule has 1 aromatic heterocycles. The number of thiol groups is 1. The fraction of sp³-hybridized carbons (Fsp3) is 0.200. The number of hydrogen-bond donors (Lipinski definition) is 1. The molecule has 108 valence electrons. The number of alkyl halides is 3. The van der Waals surface area contributed by atoms with Crippen LogP contribution in [0.5, 0.6) is 0 Å². The van der Waals surface area contributed by atoms with Crippen molar-refractivity contribution in [3.8, 4) is 5.69 Å². The van der Waals surface area contributed by atoms with Gasteiger partial charge in [-0.05, 0) is 29.9 Å². The van der Waals surface area contributed by atoms with Gasteiger partial charge in [0.2, 0.25) is 5.16 Å². The van der Waals surface area contributed by atoms with Crippen LogP contribution in [0.4, 0.5) is 13.2 Å². The molecule has 0 unspecified atom stereocenters. The second-order valence-electron chi connectivity index (χ2n) is 3.73. The van der Waals surface area contributed by atoms with Crippen molar-refractivity contribution >= 4 is 45.7 Å².